The van der Waals surface area contributed by atoms with Crippen molar-refractivity contribution < 1.29 is 37.6 Å². The predicted molar refractivity (Wildman–Crippen MR) is 143 cm³/mol. The van der Waals surface area contributed by atoms with E-state index in [9.17, 15) is 23.4 Å². The highest BCUT2D eigenvalue weighted by Gasteiger charge is 2.49. The molecule has 12 heteroatoms. The Bertz CT molecular complexity index is 1200. The number of ether oxygens (including phenoxy) is 3. The maximum absolute atomic E-state index is 13.5. The Morgan fingerprint density at radius 2 is 1.74 bits per heavy atom. The number of nitrogens with zero attached hydrogens (tertiary/aromatic N) is 1. The quantitative estimate of drug-likeness (QED) is 0.294. The van der Waals surface area contributed by atoms with Crippen LogP contribution < -0.4 is 11.1 Å². The summed E-state index contributed by atoms with van der Waals surface area (Å²) in [6, 6.07) is 14.3. The summed E-state index contributed by atoms with van der Waals surface area (Å²) in [5, 5.41) is 24.0. The summed E-state index contributed by atoms with van der Waals surface area (Å²) in [6.45, 7) is 3.85. The molecule has 0 saturated carbocycles. The van der Waals surface area contributed by atoms with Gasteiger partial charge in [0.05, 0.1) is 30.3 Å². The summed E-state index contributed by atoms with van der Waals surface area (Å²) < 4.78 is 44.8. The van der Waals surface area contributed by atoms with E-state index in [4.69, 9.17) is 19.9 Å². The molecule has 0 aliphatic carbocycles. The zero-order valence-electron chi connectivity index (χ0n) is 22.0. The Kier molecular flexibility index (Phi) is 9.47. The molecule has 2 aliphatic rings. The summed E-state index contributed by atoms with van der Waals surface area (Å²) in [5.41, 5.74) is 7.01. The third kappa shape index (κ3) is 7.27. The van der Waals surface area contributed by atoms with Crippen LogP contribution in [0.15, 0.2) is 59.5 Å². The summed E-state index contributed by atoms with van der Waals surface area (Å²) in [4.78, 5) is 13.0. The first-order chi connectivity index (χ1) is 18.5. The smallest absolute Gasteiger partial charge is 0.407 e. The molecule has 5 N–H and O–H groups in total. The van der Waals surface area contributed by atoms with Gasteiger partial charge in [0.2, 0.25) is 10.0 Å². The maximum Gasteiger partial charge on any atom is 0.407 e. The van der Waals surface area contributed by atoms with Gasteiger partial charge in [-0.15, -0.1) is 0 Å². The van der Waals surface area contributed by atoms with Crippen LogP contribution in [0.25, 0.3) is 0 Å². The summed E-state index contributed by atoms with van der Waals surface area (Å²) in [5.74, 6) is -0.0247. The van der Waals surface area contributed by atoms with E-state index < -0.39 is 52.7 Å². The highest BCUT2D eigenvalue weighted by molar-refractivity contribution is 7.89. The zero-order valence-corrected chi connectivity index (χ0v) is 22.9. The highest BCUT2D eigenvalue weighted by Crippen LogP contribution is 2.29. The van der Waals surface area contributed by atoms with Crippen LogP contribution in [-0.2, 0) is 30.7 Å². The van der Waals surface area contributed by atoms with E-state index in [0.717, 1.165) is 5.56 Å². The maximum atomic E-state index is 13.5. The first-order valence-electron chi connectivity index (χ1n) is 13.0. The van der Waals surface area contributed by atoms with Crippen molar-refractivity contribution in [3.8, 4) is 0 Å². The molecule has 2 saturated heterocycles. The van der Waals surface area contributed by atoms with Crippen LogP contribution in [0.1, 0.15) is 19.4 Å². The van der Waals surface area contributed by atoms with Crippen molar-refractivity contribution in [2.24, 2.45) is 5.92 Å². The van der Waals surface area contributed by atoms with Crippen molar-refractivity contribution in [3.63, 3.8) is 0 Å². The van der Waals surface area contributed by atoms with Crippen molar-refractivity contribution in [2.75, 3.05) is 32.0 Å². The van der Waals surface area contributed by atoms with Gasteiger partial charge in [-0.1, -0.05) is 44.2 Å². The highest BCUT2D eigenvalue weighted by atomic mass is 32.2. The van der Waals surface area contributed by atoms with Crippen LogP contribution in [0, 0.1) is 5.92 Å². The number of benzene rings is 2. The third-order valence-corrected chi connectivity index (χ3v) is 8.63. The number of anilines is 1. The van der Waals surface area contributed by atoms with Gasteiger partial charge < -0.3 is 35.5 Å². The van der Waals surface area contributed by atoms with Gasteiger partial charge >= 0.3 is 6.09 Å². The van der Waals surface area contributed by atoms with Crippen molar-refractivity contribution in [1.82, 2.24) is 9.62 Å². The molecule has 4 rings (SSSR count). The molecule has 2 aromatic carbocycles. The van der Waals surface area contributed by atoms with Crippen LogP contribution in [0.3, 0.4) is 0 Å². The molecule has 2 heterocycles. The van der Waals surface area contributed by atoms with Crippen molar-refractivity contribution in [2.45, 2.75) is 61.7 Å². The van der Waals surface area contributed by atoms with Gasteiger partial charge in [-0.25, -0.2) is 13.2 Å². The molecule has 2 fully saturated rings. The van der Waals surface area contributed by atoms with Gasteiger partial charge in [-0.3, -0.25) is 0 Å². The number of hydrogen-bond donors (Lipinski definition) is 4. The fourth-order valence-corrected chi connectivity index (χ4v) is 6.44. The molecule has 0 spiro atoms. The van der Waals surface area contributed by atoms with Gasteiger partial charge in [0.15, 0.2) is 6.10 Å². The molecule has 11 nitrogen and oxygen atoms in total. The predicted octanol–water partition coefficient (Wildman–Crippen LogP) is 1.14. The number of sulfonamides is 1. The number of rotatable bonds is 11. The van der Waals surface area contributed by atoms with E-state index in [0.29, 0.717) is 5.69 Å². The SMILES string of the molecule is CC(C)CN(C[C@@H](O)[C@H](Cc1ccccc1)NC(=O)O[C@H]1CO[C@H]2[C@@H]1OC[C@H]2O)S(=O)(=O)c1ccc(N)cc1. The number of nitrogens with one attached hydrogen (secondary N) is 1. The zero-order chi connectivity index (χ0) is 28.2. The molecule has 6 atom stereocenters. The largest absolute Gasteiger partial charge is 0.441 e. The monoisotopic (exact) mass is 563 g/mol. The first kappa shape index (κ1) is 29.2. The lowest BCUT2D eigenvalue weighted by atomic mass is 10.0. The van der Waals surface area contributed by atoms with Crippen LogP contribution in [0.2, 0.25) is 0 Å². The van der Waals surface area contributed by atoms with E-state index in [1.165, 1.54) is 28.6 Å². The standard InChI is InChI=1S/C27H37N3O8S/c1-17(2)13-30(39(34,35)20-10-8-19(28)9-11-20)14-22(31)21(12-18-6-4-3-5-7-18)29-27(33)38-24-16-37-25-23(32)15-36-26(24)25/h3-11,17,21-26,31-32H,12-16,28H2,1-2H3,(H,29,33)/t21-,22+,23+,24-,25+,26+/m0/s1. The lowest BCUT2D eigenvalue weighted by Gasteiger charge is -2.31. The molecule has 1 amide bonds. The number of carbonyl (C=O) groups is 1. The average Bonchev–Trinajstić information content (AvgIpc) is 3.46. The molecule has 39 heavy (non-hydrogen) atoms. The van der Waals surface area contributed by atoms with E-state index in [-0.39, 0.29) is 43.5 Å². The van der Waals surface area contributed by atoms with Crippen LogP contribution in [-0.4, -0.2) is 91.9 Å². The minimum atomic E-state index is -3.96. The number of fused-ring (bicyclic) bond motifs is 1. The summed E-state index contributed by atoms with van der Waals surface area (Å²) >= 11 is 0. The molecular formula is C27H37N3O8S. The lowest BCUT2D eigenvalue weighted by Crippen LogP contribution is -2.52. The van der Waals surface area contributed by atoms with Crippen LogP contribution in [0.5, 0.6) is 0 Å². The Balaban J connectivity index is 1.50. The third-order valence-electron chi connectivity index (χ3n) is 6.78. The van der Waals surface area contributed by atoms with Gasteiger partial charge in [0, 0.05) is 18.8 Å². The van der Waals surface area contributed by atoms with Gasteiger partial charge in [-0.2, -0.15) is 4.31 Å². The number of alkyl carbamates (subject to hydrolysis) is 1. The number of aliphatic hydroxyl groups excluding tert-OH is 2. The van der Waals surface area contributed by atoms with Gasteiger partial charge in [0.1, 0.15) is 18.3 Å². The summed E-state index contributed by atoms with van der Waals surface area (Å²) in [6.07, 6.45) is -4.47. The molecule has 214 valence electrons. The number of carbonyl (C=O) groups excluding carboxylic acids is 1. The fraction of sp³-hybridized carbons (Fsp3) is 0.519. The molecule has 0 aromatic heterocycles. The van der Waals surface area contributed by atoms with Crippen molar-refractivity contribution in [3.05, 3.63) is 60.2 Å². The fourth-order valence-electron chi connectivity index (χ4n) is 4.82. The number of aliphatic hydroxyl groups is 2. The Morgan fingerprint density at radius 3 is 2.41 bits per heavy atom. The van der Waals surface area contributed by atoms with E-state index in [1.807, 2.05) is 44.2 Å². The normalized spacial score (nSPS) is 24.5. The minimum Gasteiger partial charge on any atom is -0.441 e. The van der Waals surface area contributed by atoms with E-state index >= 15 is 0 Å². The number of nitrogen functional groups attached to an aromatic ring is 1. The lowest BCUT2D eigenvalue weighted by molar-refractivity contribution is -0.00897. The molecule has 0 bridgehead atoms. The molecule has 0 radical (unpaired) electrons. The topological polar surface area (TPSA) is 161 Å². The van der Waals surface area contributed by atoms with Crippen molar-refractivity contribution >= 4 is 21.8 Å². The molecule has 2 aliphatic heterocycles. The molecule has 0 unspecified atom stereocenters. The van der Waals surface area contributed by atoms with Gasteiger partial charge in [-0.05, 0) is 42.2 Å². The minimum absolute atomic E-state index is 0.0247. The van der Waals surface area contributed by atoms with Crippen molar-refractivity contribution in [1.29, 1.82) is 0 Å². The van der Waals surface area contributed by atoms with Crippen LogP contribution in [0.4, 0.5) is 10.5 Å². The summed E-state index contributed by atoms with van der Waals surface area (Å²) in [7, 11) is -3.96. The second kappa shape index (κ2) is 12.6. The molecule has 2 aromatic rings. The Hall–Kier alpha value is -2.74. The number of amides is 1. The second-order valence-electron chi connectivity index (χ2n) is 10.4. The van der Waals surface area contributed by atoms with Crippen LogP contribution >= 0.6 is 0 Å². The van der Waals surface area contributed by atoms with E-state index in [1.54, 1.807) is 0 Å². The number of nitrogens with two attached hydrogens (primary N) is 1. The Morgan fingerprint density at radius 1 is 1.08 bits per heavy atom. The molecular weight excluding hydrogens is 526 g/mol. The van der Waals surface area contributed by atoms with E-state index in [2.05, 4.69) is 5.32 Å². The number of hydrogen-bond acceptors (Lipinski definition) is 9. The average molecular weight is 564 g/mol. The first-order valence-corrected chi connectivity index (χ1v) is 14.4. The van der Waals surface area contributed by atoms with Gasteiger partial charge in [0.25, 0.3) is 0 Å². The second-order valence-corrected chi connectivity index (χ2v) is 12.3. The Labute approximate surface area is 228 Å².